The Bertz CT molecular complexity index is 759. The van der Waals surface area contributed by atoms with E-state index in [9.17, 15) is 14.4 Å². The van der Waals surface area contributed by atoms with Gasteiger partial charge in [0.15, 0.2) is 5.96 Å². The minimum atomic E-state index is -0.168. The first-order chi connectivity index (χ1) is 15.5. The van der Waals surface area contributed by atoms with Crippen LogP contribution >= 0.6 is 0 Å². The molecule has 4 atom stereocenters. The van der Waals surface area contributed by atoms with Crippen LogP contribution in [0.15, 0.2) is 17.1 Å². The standard InChI is InChI=1S/C23H36N6O3/c1-25-23(26-8-2-3-10-28-11-6-15(7-12-28)20(24)30)27-9-13-29-21(31)18-16-4-5-17(14-16)19(18)22(29)32/h4-5,15-19H,2-3,6-14H2,1H3,(H2,24,30)(H2,25,26,27). The molecule has 4 aliphatic rings. The SMILES string of the molecule is CN=C(NCCCCN1CCC(C(N)=O)CC1)NCCN1C(=O)C2C3C=CC(C3)C2C1=O. The van der Waals surface area contributed by atoms with Gasteiger partial charge in [-0.3, -0.25) is 24.3 Å². The van der Waals surface area contributed by atoms with Crippen molar-refractivity contribution in [2.75, 3.05) is 46.3 Å². The number of primary amides is 1. The summed E-state index contributed by atoms with van der Waals surface area (Å²) in [6.45, 7) is 4.59. The van der Waals surface area contributed by atoms with Gasteiger partial charge in [-0.15, -0.1) is 0 Å². The summed E-state index contributed by atoms with van der Waals surface area (Å²) in [6, 6.07) is 0. The van der Waals surface area contributed by atoms with Gasteiger partial charge in [0.2, 0.25) is 17.7 Å². The van der Waals surface area contributed by atoms with Gasteiger partial charge in [-0.1, -0.05) is 12.2 Å². The summed E-state index contributed by atoms with van der Waals surface area (Å²) in [5.41, 5.74) is 5.39. The van der Waals surface area contributed by atoms with Crippen LogP contribution in [-0.2, 0) is 14.4 Å². The number of nitrogens with two attached hydrogens (primary N) is 1. The van der Waals surface area contributed by atoms with Crippen molar-refractivity contribution in [2.24, 2.45) is 40.3 Å². The maximum Gasteiger partial charge on any atom is 0.233 e. The number of piperidine rings is 1. The van der Waals surface area contributed by atoms with Crippen molar-refractivity contribution in [1.29, 1.82) is 0 Å². The van der Waals surface area contributed by atoms with Gasteiger partial charge in [0.1, 0.15) is 0 Å². The predicted molar refractivity (Wildman–Crippen MR) is 121 cm³/mol. The van der Waals surface area contributed by atoms with E-state index < -0.39 is 0 Å². The number of amides is 3. The number of carbonyl (C=O) groups excluding carboxylic acids is 3. The molecule has 2 saturated heterocycles. The summed E-state index contributed by atoms with van der Waals surface area (Å²) in [5, 5.41) is 6.52. The molecule has 3 amide bonds. The normalized spacial score (nSPS) is 30.3. The van der Waals surface area contributed by atoms with E-state index >= 15 is 0 Å². The molecule has 32 heavy (non-hydrogen) atoms. The zero-order valence-electron chi connectivity index (χ0n) is 19.0. The van der Waals surface area contributed by atoms with Gasteiger partial charge < -0.3 is 21.3 Å². The Hall–Kier alpha value is -2.42. The van der Waals surface area contributed by atoms with Crippen molar-refractivity contribution < 1.29 is 14.4 Å². The van der Waals surface area contributed by atoms with Gasteiger partial charge in [0, 0.05) is 32.6 Å². The third-order valence-corrected chi connectivity index (χ3v) is 7.60. The molecule has 4 unspecified atom stereocenters. The van der Waals surface area contributed by atoms with E-state index in [0.717, 1.165) is 58.3 Å². The molecule has 2 heterocycles. The van der Waals surface area contributed by atoms with Gasteiger partial charge in [-0.2, -0.15) is 0 Å². The van der Waals surface area contributed by atoms with E-state index in [2.05, 4.69) is 32.7 Å². The van der Waals surface area contributed by atoms with Crippen LogP contribution in [0.4, 0.5) is 0 Å². The highest BCUT2D eigenvalue weighted by Gasteiger charge is 2.58. The summed E-state index contributed by atoms with van der Waals surface area (Å²) < 4.78 is 0. The Kier molecular flexibility index (Phi) is 7.13. The third kappa shape index (κ3) is 4.67. The highest BCUT2D eigenvalue weighted by Crippen LogP contribution is 2.52. The molecule has 0 aromatic heterocycles. The van der Waals surface area contributed by atoms with Crippen molar-refractivity contribution in [3.8, 4) is 0 Å². The van der Waals surface area contributed by atoms with Gasteiger partial charge >= 0.3 is 0 Å². The third-order valence-electron chi connectivity index (χ3n) is 7.60. The lowest BCUT2D eigenvalue weighted by Gasteiger charge is -2.30. The van der Waals surface area contributed by atoms with Gasteiger partial charge in [0.05, 0.1) is 11.8 Å². The number of nitrogens with zero attached hydrogens (tertiary/aromatic N) is 3. The molecule has 176 valence electrons. The second-order valence-corrected chi connectivity index (χ2v) is 9.48. The van der Waals surface area contributed by atoms with E-state index in [1.807, 2.05) is 0 Å². The molecule has 4 N–H and O–H groups in total. The zero-order valence-corrected chi connectivity index (χ0v) is 19.0. The Labute approximate surface area is 189 Å². The van der Waals surface area contributed by atoms with Gasteiger partial charge in [-0.05, 0) is 63.6 Å². The molecule has 3 fully saturated rings. The summed E-state index contributed by atoms with van der Waals surface area (Å²) in [5.74, 6) is 0.814. The Balaban J connectivity index is 1.09. The van der Waals surface area contributed by atoms with Crippen LogP contribution in [0.1, 0.15) is 32.1 Å². The number of guanidine groups is 1. The number of unbranched alkanes of at least 4 members (excludes halogenated alkanes) is 1. The maximum atomic E-state index is 12.7. The number of nitrogens with one attached hydrogen (secondary N) is 2. The largest absolute Gasteiger partial charge is 0.369 e. The molecule has 9 nitrogen and oxygen atoms in total. The number of carbonyl (C=O) groups is 3. The molecule has 2 bridgehead atoms. The average Bonchev–Trinajstić information content (AvgIpc) is 3.47. The minimum Gasteiger partial charge on any atom is -0.369 e. The van der Waals surface area contributed by atoms with Crippen molar-refractivity contribution in [2.45, 2.75) is 32.1 Å². The van der Waals surface area contributed by atoms with E-state index in [-0.39, 0.29) is 47.3 Å². The van der Waals surface area contributed by atoms with E-state index in [1.54, 1.807) is 7.05 Å². The van der Waals surface area contributed by atoms with E-state index in [1.165, 1.54) is 4.90 Å². The second-order valence-electron chi connectivity index (χ2n) is 9.48. The number of aliphatic imine (C=N–C) groups is 1. The van der Waals surface area contributed by atoms with Crippen molar-refractivity contribution in [1.82, 2.24) is 20.4 Å². The number of imide groups is 1. The monoisotopic (exact) mass is 444 g/mol. The van der Waals surface area contributed by atoms with Crippen molar-refractivity contribution in [3.63, 3.8) is 0 Å². The average molecular weight is 445 g/mol. The summed E-state index contributed by atoms with van der Waals surface area (Å²) in [4.78, 5) is 44.8. The Morgan fingerprint density at radius 2 is 1.66 bits per heavy atom. The summed E-state index contributed by atoms with van der Waals surface area (Å²) >= 11 is 0. The Morgan fingerprint density at radius 1 is 1.03 bits per heavy atom. The van der Waals surface area contributed by atoms with Crippen LogP contribution in [0.5, 0.6) is 0 Å². The minimum absolute atomic E-state index is 0.00135. The number of hydrogen-bond donors (Lipinski definition) is 3. The molecule has 0 aromatic rings. The van der Waals surface area contributed by atoms with E-state index in [4.69, 9.17) is 5.73 Å². The number of likely N-dealkylation sites (tertiary alicyclic amines) is 2. The Morgan fingerprint density at radius 3 is 2.25 bits per heavy atom. The van der Waals surface area contributed by atoms with Crippen LogP contribution in [0, 0.1) is 29.6 Å². The van der Waals surface area contributed by atoms with Crippen LogP contribution in [0.2, 0.25) is 0 Å². The highest BCUT2D eigenvalue weighted by molar-refractivity contribution is 6.06. The van der Waals surface area contributed by atoms with Crippen LogP contribution in [-0.4, -0.2) is 79.8 Å². The lowest BCUT2D eigenvalue weighted by molar-refractivity contribution is -0.140. The lowest BCUT2D eigenvalue weighted by Crippen LogP contribution is -2.44. The number of hydrogen-bond acceptors (Lipinski definition) is 5. The number of rotatable bonds is 9. The van der Waals surface area contributed by atoms with Crippen molar-refractivity contribution >= 4 is 23.7 Å². The fourth-order valence-corrected chi connectivity index (χ4v) is 5.80. The molecule has 0 spiro atoms. The van der Waals surface area contributed by atoms with Gasteiger partial charge in [-0.25, -0.2) is 0 Å². The molecular weight excluding hydrogens is 408 g/mol. The first kappa shape index (κ1) is 22.8. The number of allylic oxidation sites excluding steroid dienone is 2. The molecule has 2 aliphatic heterocycles. The van der Waals surface area contributed by atoms with E-state index in [0.29, 0.717) is 19.0 Å². The quantitative estimate of drug-likeness (QED) is 0.151. The zero-order chi connectivity index (χ0) is 22.7. The van der Waals surface area contributed by atoms with Crippen LogP contribution in [0.25, 0.3) is 0 Å². The highest BCUT2D eigenvalue weighted by atomic mass is 16.2. The van der Waals surface area contributed by atoms with Crippen LogP contribution in [0.3, 0.4) is 0 Å². The first-order valence-corrected chi connectivity index (χ1v) is 12.0. The molecule has 9 heteroatoms. The number of fused-ring (bicyclic) bond motifs is 5. The lowest BCUT2D eigenvalue weighted by atomic mass is 9.85. The molecule has 2 aliphatic carbocycles. The topological polar surface area (TPSA) is 120 Å². The molecule has 1 saturated carbocycles. The van der Waals surface area contributed by atoms with Crippen molar-refractivity contribution in [3.05, 3.63) is 12.2 Å². The molecule has 0 radical (unpaired) electrons. The second kappa shape index (κ2) is 10.0. The fourth-order valence-electron chi connectivity index (χ4n) is 5.80. The van der Waals surface area contributed by atoms with Crippen LogP contribution < -0.4 is 16.4 Å². The first-order valence-electron chi connectivity index (χ1n) is 12.0. The smallest absolute Gasteiger partial charge is 0.233 e. The summed E-state index contributed by atoms with van der Waals surface area (Å²) in [7, 11) is 1.72. The molecular formula is C23H36N6O3. The van der Waals surface area contributed by atoms with Gasteiger partial charge in [0.25, 0.3) is 0 Å². The summed E-state index contributed by atoms with van der Waals surface area (Å²) in [6.07, 6.45) is 9.01. The maximum absolute atomic E-state index is 12.7. The predicted octanol–water partition coefficient (Wildman–Crippen LogP) is -0.0640. The molecule has 0 aromatic carbocycles. The molecule has 4 rings (SSSR count). The fraction of sp³-hybridized carbons (Fsp3) is 0.739.